The van der Waals surface area contributed by atoms with Gasteiger partial charge in [-0.05, 0) is 30.9 Å². The van der Waals surface area contributed by atoms with Crippen molar-refractivity contribution in [1.29, 1.82) is 0 Å². The van der Waals surface area contributed by atoms with Crippen molar-refractivity contribution < 1.29 is 0 Å². The summed E-state index contributed by atoms with van der Waals surface area (Å²) in [5.41, 5.74) is 1.74. The number of aromatic nitrogens is 1. The molecule has 0 unspecified atom stereocenters. The minimum atomic E-state index is 0.456. The van der Waals surface area contributed by atoms with Crippen molar-refractivity contribution in [3.8, 4) is 0 Å². The van der Waals surface area contributed by atoms with Crippen LogP contribution in [-0.4, -0.2) is 11.2 Å². The number of hydrogen-bond donors (Lipinski definition) is 0. The second-order valence-electron chi connectivity index (χ2n) is 5.08. The van der Waals surface area contributed by atoms with Gasteiger partial charge in [0.1, 0.15) is 5.01 Å². The number of thioether (sulfide) groups is 1. The number of thiazole rings is 1. The van der Waals surface area contributed by atoms with Crippen LogP contribution in [0.15, 0.2) is 5.38 Å². The molecule has 0 aromatic carbocycles. The summed E-state index contributed by atoms with van der Waals surface area (Å²) in [6.07, 6.45) is 5.80. The molecule has 1 heterocycles. The van der Waals surface area contributed by atoms with Crippen molar-refractivity contribution in [1.82, 2.24) is 4.98 Å². The Morgan fingerprint density at radius 3 is 2.73 bits per heavy atom. The smallest absolute Gasteiger partial charge is 0.103 e. The summed E-state index contributed by atoms with van der Waals surface area (Å²) in [5, 5.41) is 3.49. The van der Waals surface area contributed by atoms with Crippen molar-refractivity contribution in [2.75, 3.05) is 6.26 Å². The molecule has 0 saturated heterocycles. The average molecular weight is 243 g/mol. The minimum Gasteiger partial charge on any atom is -0.245 e. The van der Waals surface area contributed by atoms with Gasteiger partial charge in [0.15, 0.2) is 0 Å². The molecule has 0 bridgehead atoms. The van der Waals surface area contributed by atoms with E-state index in [1.165, 1.54) is 23.5 Å². The molecule has 15 heavy (non-hydrogen) atoms. The summed E-state index contributed by atoms with van der Waals surface area (Å²) in [6.45, 7) is 6.90. The zero-order valence-corrected chi connectivity index (χ0v) is 11.8. The molecule has 0 amide bonds. The first-order valence-electron chi connectivity index (χ1n) is 5.43. The van der Waals surface area contributed by atoms with Crippen molar-refractivity contribution in [3.63, 3.8) is 0 Å². The molecule has 0 atom stereocenters. The second kappa shape index (κ2) is 5.90. The Labute approximate surface area is 102 Å². The van der Waals surface area contributed by atoms with E-state index in [0.29, 0.717) is 5.41 Å². The molecule has 3 heteroatoms. The number of nitrogens with zero attached hydrogens (tertiary/aromatic N) is 1. The van der Waals surface area contributed by atoms with Crippen LogP contribution in [0.25, 0.3) is 0 Å². The van der Waals surface area contributed by atoms with E-state index in [1.807, 2.05) is 11.8 Å². The monoisotopic (exact) mass is 243 g/mol. The van der Waals surface area contributed by atoms with E-state index in [1.54, 1.807) is 11.3 Å². The Morgan fingerprint density at radius 1 is 1.40 bits per heavy atom. The van der Waals surface area contributed by atoms with Gasteiger partial charge in [0.25, 0.3) is 0 Å². The maximum atomic E-state index is 4.62. The third-order valence-electron chi connectivity index (χ3n) is 2.23. The Kier molecular flexibility index (Phi) is 5.13. The molecule has 0 saturated carbocycles. The second-order valence-corrected chi connectivity index (χ2v) is 6.89. The maximum Gasteiger partial charge on any atom is 0.103 e. The lowest BCUT2D eigenvalue weighted by Gasteiger charge is -2.16. The molecule has 1 aromatic rings. The van der Waals surface area contributed by atoms with E-state index < -0.39 is 0 Å². The van der Waals surface area contributed by atoms with Gasteiger partial charge in [-0.25, -0.2) is 4.98 Å². The number of hydrogen-bond acceptors (Lipinski definition) is 3. The first-order chi connectivity index (χ1) is 7.01. The van der Waals surface area contributed by atoms with Crippen LogP contribution in [0.1, 0.15) is 44.3 Å². The summed E-state index contributed by atoms with van der Waals surface area (Å²) in [4.78, 5) is 4.62. The molecule has 0 radical (unpaired) electrons. The number of rotatable bonds is 5. The van der Waals surface area contributed by atoms with Gasteiger partial charge in [-0.2, -0.15) is 11.8 Å². The summed E-state index contributed by atoms with van der Waals surface area (Å²) >= 11 is 3.64. The summed E-state index contributed by atoms with van der Waals surface area (Å²) in [5.74, 6) is 1.06. The maximum absolute atomic E-state index is 4.62. The summed E-state index contributed by atoms with van der Waals surface area (Å²) < 4.78 is 0. The lowest BCUT2D eigenvalue weighted by molar-refractivity contribution is 0.365. The van der Waals surface area contributed by atoms with Crippen LogP contribution >= 0.6 is 23.1 Å². The molecular weight excluding hydrogens is 222 g/mol. The van der Waals surface area contributed by atoms with Gasteiger partial charge in [-0.1, -0.05) is 20.8 Å². The topological polar surface area (TPSA) is 12.9 Å². The molecular formula is C12H21NS2. The molecule has 0 aliphatic carbocycles. The molecule has 0 spiro atoms. The van der Waals surface area contributed by atoms with Crippen molar-refractivity contribution in [3.05, 3.63) is 16.1 Å². The van der Waals surface area contributed by atoms with Gasteiger partial charge in [-0.15, -0.1) is 11.3 Å². The third kappa shape index (κ3) is 5.57. The average Bonchev–Trinajstić information content (AvgIpc) is 2.51. The predicted octanol–water partition coefficient (Wildman–Crippen LogP) is 4.37. The first-order valence-corrected chi connectivity index (χ1v) is 7.71. The van der Waals surface area contributed by atoms with E-state index in [9.17, 15) is 0 Å². The quantitative estimate of drug-likeness (QED) is 0.761. The molecule has 1 rings (SSSR count). The lowest BCUT2D eigenvalue weighted by atomic mass is 9.90. The van der Waals surface area contributed by atoms with Crippen LogP contribution in [0.3, 0.4) is 0 Å². The first kappa shape index (κ1) is 13.0. The van der Waals surface area contributed by atoms with E-state index in [2.05, 4.69) is 37.4 Å². The van der Waals surface area contributed by atoms with Gasteiger partial charge in [0.05, 0.1) is 5.69 Å². The van der Waals surface area contributed by atoms with E-state index >= 15 is 0 Å². The third-order valence-corrected chi connectivity index (χ3v) is 3.87. The Bertz CT molecular complexity index is 286. The standard InChI is InChI=1S/C12H21NS2/c1-12(2,3)7-5-6-10-8-15-11(13-10)9-14-4/h8H,5-7,9H2,1-4H3. The van der Waals surface area contributed by atoms with Crippen molar-refractivity contribution >= 4 is 23.1 Å². The fraction of sp³-hybridized carbons (Fsp3) is 0.750. The highest BCUT2D eigenvalue weighted by Crippen LogP contribution is 2.23. The van der Waals surface area contributed by atoms with Gasteiger partial charge in [-0.3, -0.25) is 0 Å². The Morgan fingerprint density at radius 2 is 2.13 bits per heavy atom. The fourth-order valence-electron chi connectivity index (χ4n) is 1.45. The molecule has 1 nitrogen and oxygen atoms in total. The van der Waals surface area contributed by atoms with Gasteiger partial charge in [0, 0.05) is 11.1 Å². The number of aryl methyl sites for hydroxylation is 1. The van der Waals surface area contributed by atoms with Crippen LogP contribution in [0.4, 0.5) is 0 Å². The normalized spacial score (nSPS) is 12.0. The zero-order chi connectivity index (χ0) is 11.3. The molecule has 1 aromatic heterocycles. The van der Waals surface area contributed by atoms with E-state index in [-0.39, 0.29) is 0 Å². The van der Waals surface area contributed by atoms with Gasteiger partial charge < -0.3 is 0 Å². The predicted molar refractivity (Wildman–Crippen MR) is 71.7 cm³/mol. The molecule has 0 aliphatic rings. The summed E-state index contributed by atoms with van der Waals surface area (Å²) in [7, 11) is 0. The van der Waals surface area contributed by atoms with Crippen molar-refractivity contribution in [2.45, 2.75) is 45.8 Å². The molecule has 86 valence electrons. The zero-order valence-electron chi connectivity index (χ0n) is 10.2. The summed E-state index contributed by atoms with van der Waals surface area (Å²) in [6, 6.07) is 0. The lowest BCUT2D eigenvalue weighted by Crippen LogP contribution is -2.05. The van der Waals surface area contributed by atoms with Gasteiger partial charge in [0.2, 0.25) is 0 Å². The van der Waals surface area contributed by atoms with Crippen LogP contribution in [0.5, 0.6) is 0 Å². The highest BCUT2D eigenvalue weighted by atomic mass is 32.2. The largest absolute Gasteiger partial charge is 0.245 e. The highest BCUT2D eigenvalue weighted by Gasteiger charge is 2.10. The van der Waals surface area contributed by atoms with E-state index in [0.717, 1.165) is 12.2 Å². The Balaban J connectivity index is 2.31. The van der Waals surface area contributed by atoms with Crippen LogP contribution in [0.2, 0.25) is 0 Å². The highest BCUT2D eigenvalue weighted by molar-refractivity contribution is 7.97. The molecule has 0 fully saturated rings. The molecule has 0 aliphatic heterocycles. The van der Waals surface area contributed by atoms with Crippen LogP contribution in [-0.2, 0) is 12.2 Å². The molecule has 0 N–H and O–H groups in total. The Hall–Kier alpha value is -0.0200. The SMILES string of the molecule is CSCc1nc(CCCC(C)(C)C)cs1. The van der Waals surface area contributed by atoms with Gasteiger partial charge >= 0.3 is 0 Å². The van der Waals surface area contributed by atoms with Crippen LogP contribution in [0, 0.1) is 5.41 Å². The van der Waals surface area contributed by atoms with Crippen LogP contribution < -0.4 is 0 Å². The minimum absolute atomic E-state index is 0.456. The fourth-order valence-corrected chi connectivity index (χ4v) is 3.00. The van der Waals surface area contributed by atoms with E-state index in [4.69, 9.17) is 0 Å². The van der Waals surface area contributed by atoms with Crippen molar-refractivity contribution in [2.24, 2.45) is 5.41 Å².